The Morgan fingerprint density at radius 2 is 2.25 bits per heavy atom. The summed E-state index contributed by atoms with van der Waals surface area (Å²) < 4.78 is 1.07. The first kappa shape index (κ1) is 11.6. The number of nitrogens with one attached hydrogen (secondary N) is 1. The molecule has 0 amide bonds. The zero-order valence-electron chi connectivity index (χ0n) is 8.87. The number of halogens is 1. The molecule has 0 bridgehead atoms. The maximum Gasteiger partial charge on any atom is 0.304 e. The number of hydrogen-bond donors (Lipinski definition) is 2. The van der Waals surface area contributed by atoms with Crippen LogP contribution in [0.3, 0.4) is 0 Å². The van der Waals surface area contributed by atoms with Crippen LogP contribution in [-0.2, 0) is 10.3 Å². The first-order valence-corrected chi connectivity index (χ1v) is 6.15. The predicted molar refractivity (Wildman–Crippen MR) is 65.3 cm³/mol. The third-order valence-corrected chi connectivity index (χ3v) is 3.42. The highest BCUT2D eigenvalue weighted by Crippen LogP contribution is 2.45. The van der Waals surface area contributed by atoms with Gasteiger partial charge in [-0.15, -0.1) is 0 Å². The fourth-order valence-corrected chi connectivity index (χ4v) is 2.29. The molecule has 86 valence electrons. The van der Waals surface area contributed by atoms with Crippen molar-refractivity contribution in [1.82, 2.24) is 5.32 Å². The second kappa shape index (κ2) is 4.55. The van der Waals surface area contributed by atoms with E-state index >= 15 is 0 Å². The molecule has 1 aromatic carbocycles. The van der Waals surface area contributed by atoms with E-state index in [1.807, 2.05) is 12.1 Å². The van der Waals surface area contributed by atoms with E-state index in [9.17, 15) is 4.79 Å². The number of carboxylic acid groups (broad SMARTS) is 1. The molecule has 1 aromatic rings. The number of rotatable bonds is 5. The number of hydrogen-bond acceptors (Lipinski definition) is 2. The van der Waals surface area contributed by atoms with Crippen molar-refractivity contribution in [1.29, 1.82) is 0 Å². The molecule has 16 heavy (non-hydrogen) atoms. The van der Waals surface area contributed by atoms with Gasteiger partial charge in [-0.3, -0.25) is 4.79 Å². The first-order chi connectivity index (χ1) is 7.62. The highest BCUT2D eigenvalue weighted by atomic mass is 79.9. The molecular weight excluding hydrogens is 270 g/mol. The van der Waals surface area contributed by atoms with Gasteiger partial charge < -0.3 is 10.4 Å². The van der Waals surface area contributed by atoms with Gasteiger partial charge in [-0.1, -0.05) is 28.1 Å². The van der Waals surface area contributed by atoms with E-state index < -0.39 is 5.97 Å². The van der Waals surface area contributed by atoms with Crippen LogP contribution in [0.25, 0.3) is 0 Å². The van der Waals surface area contributed by atoms with E-state index in [-0.39, 0.29) is 12.0 Å². The van der Waals surface area contributed by atoms with Crippen molar-refractivity contribution in [2.45, 2.75) is 24.8 Å². The summed E-state index contributed by atoms with van der Waals surface area (Å²) >= 11 is 3.45. The Morgan fingerprint density at radius 3 is 2.81 bits per heavy atom. The average Bonchev–Trinajstić information content (AvgIpc) is 2.98. The number of benzene rings is 1. The van der Waals surface area contributed by atoms with Crippen LogP contribution in [-0.4, -0.2) is 17.6 Å². The maximum atomic E-state index is 10.4. The summed E-state index contributed by atoms with van der Waals surface area (Å²) in [5.41, 5.74) is 1.27. The number of carbonyl (C=O) groups is 1. The van der Waals surface area contributed by atoms with E-state index in [1.54, 1.807) is 0 Å². The van der Waals surface area contributed by atoms with Crippen LogP contribution >= 0.6 is 15.9 Å². The van der Waals surface area contributed by atoms with Gasteiger partial charge in [0.05, 0.1) is 6.42 Å². The molecule has 1 aliphatic rings. The zero-order valence-corrected chi connectivity index (χ0v) is 10.5. The Balaban J connectivity index is 2.00. The van der Waals surface area contributed by atoms with Crippen LogP contribution in [0.4, 0.5) is 0 Å². The Bertz CT molecular complexity index is 402. The van der Waals surface area contributed by atoms with Crippen LogP contribution < -0.4 is 5.32 Å². The van der Waals surface area contributed by atoms with Gasteiger partial charge in [0.1, 0.15) is 0 Å². The molecule has 0 aromatic heterocycles. The fourth-order valence-electron chi connectivity index (χ4n) is 1.89. The lowest BCUT2D eigenvalue weighted by Crippen LogP contribution is -2.30. The minimum Gasteiger partial charge on any atom is -0.481 e. The molecule has 1 saturated carbocycles. The molecule has 0 radical (unpaired) electrons. The molecule has 0 unspecified atom stereocenters. The van der Waals surface area contributed by atoms with Crippen molar-refractivity contribution in [2.75, 3.05) is 6.54 Å². The Morgan fingerprint density at radius 1 is 1.50 bits per heavy atom. The van der Waals surface area contributed by atoms with Crippen LogP contribution in [0.15, 0.2) is 28.7 Å². The molecule has 2 rings (SSSR count). The highest BCUT2D eigenvalue weighted by molar-refractivity contribution is 9.10. The summed E-state index contributed by atoms with van der Waals surface area (Å²) in [6.07, 6.45) is 2.35. The summed E-state index contributed by atoms with van der Waals surface area (Å²) in [4.78, 5) is 10.4. The van der Waals surface area contributed by atoms with Crippen LogP contribution in [0.2, 0.25) is 0 Å². The monoisotopic (exact) mass is 283 g/mol. The maximum absolute atomic E-state index is 10.4. The van der Waals surface area contributed by atoms with Crippen LogP contribution in [0, 0.1) is 0 Å². The molecule has 1 aliphatic carbocycles. The summed E-state index contributed by atoms with van der Waals surface area (Å²) in [7, 11) is 0. The molecule has 0 aliphatic heterocycles. The Labute approximate surface area is 103 Å². The molecule has 2 N–H and O–H groups in total. The van der Waals surface area contributed by atoms with Gasteiger partial charge in [-0.25, -0.2) is 0 Å². The standard InChI is InChI=1S/C12H14BrNO2/c13-10-3-1-2-9(8-10)12(5-6-12)14-7-4-11(15)16/h1-3,8,14H,4-7H2,(H,15,16). The third-order valence-electron chi connectivity index (χ3n) is 2.93. The zero-order chi connectivity index (χ0) is 11.6. The fraction of sp³-hybridized carbons (Fsp3) is 0.417. The SMILES string of the molecule is O=C(O)CCNC1(c2cccc(Br)c2)CC1. The van der Waals surface area contributed by atoms with Gasteiger partial charge in [0.15, 0.2) is 0 Å². The normalized spacial score (nSPS) is 17.1. The molecule has 0 spiro atoms. The van der Waals surface area contributed by atoms with Gasteiger partial charge >= 0.3 is 5.97 Å². The smallest absolute Gasteiger partial charge is 0.304 e. The van der Waals surface area contributed by atoms with E-state index in [2.05, 4.69) is 33.4 Å². The number of carboxylic acids is 1. The molecule has 4 heteroatoms. The van der Waals surface area contributed by atoms with Gasteiger partial charge in [0.2, 0.25) is 0 Å². The van der Waals surface area contributed by atoms with Crippen molar-refractivity contribution in [3.63, 3.8) is 0 Å². The summed E-state index contributed by atoms with van der Waals surface area (Å²) in [6.45, 7) is 0.530. The van der Waals surface area contributed by atoms with Gasteiger partial charge in [0, 0.05) is 16.6 Å². The predicted octanol–water partition coefficient (Wildman–Crippen LogP) is 2.50. The summed E-state index contributed by atoms with van der Waals surface area (Å²) in [5, 5.41) is 11.9. The van der Waals surface area contributed by atoms with Gasteiger partial charge in [0.25, 0.3) is 0 Å². The van der Waals surface area contributed by atoms with Crippen molar-refractivity contribution in [3.05, 3.63) is 34.3 Å². The van der Waals surface area contributed by atoms with E-state index in [0.29, 0.717) is 6.54 Å². The second-order valence-corrected chi connectivity index (χ2v) is 5.08. The third kappa shape index (κ3) is 2.62. The van der Waals surface area contributed by atoms with Crippen molar-refractivity contribution in [2.24, 2.45) is 0 Å². The number of aliphatic carboxylic acids is 1. The van der Waals surface area contributed by atoms with E-state index in [0.717, 1.165) is 17.3 Å². The lowest BCUT2D eigenvalue weighted by molar-refractivity contribution is -0.136. The summed E-state index contributed by atoms with van der Waals surface area (Å²) in [6, 6.07) is 8.20. The topological polar surface area (TPSA) is 49.3 Å². The van der Waals surface area contributed by atoms with Crippen molar-refractivity contribution in [3.8, 4) is 0 Å². The average molecular weight is 284 g/mol. The van der Waals surface area contributed by atoms with Gasteiger partial charge in [-0.05, 0) is 30.5 Å². The van der Waals surface area contributed by atoms with Crippen LogP contribution in [0.5, 0.6) is 0 Å². The van der Waals surface area contributed by atoms with Crippen molar-refractivity contribution >= 4 is 21.9 Å². The molecular formula is C12H14BrNO2. The molecule has 0 atom stereocenters. The minimum atomic E-state index is -0.752. The molecule has 0 heterocycles. The molecule has 0 saturated heterocycles. The van der Waals surface area contributed by atoms with E-state index in [4.69, 9.17) is 5.11 Å². The Hall–Kier alpha value is -0.870. The van der Waals surface area contributed by atoms with Crippen LogP contribution in [0.1, 0.15) is 24.8 Å². The highest BCUT2D eigenvalue weighted by Gasteiger charge is 2.43. The minimum absolute atomic E-state index is 0.0270. The largest absolute Gasteiger partial charge is 0.481 e. The van der Waals surface area contributed by atoms with E-state index in [1.165, 1.54) is 5.56 Å². The van der Waals surface area contributed by atoms with Crippen molar-refractivity contribution < 1.29 is 9.90 Å². The molecule has 1 fully saturated rings. The molecule has 3 nitrogen and oxygen atoms in total. The lowest BCUT2D eigenvalue weighted by atomic mass is 10.1. The summed E-state index contributed by atoms with van der Waals surface area (Å²) in [5.74, 6) is -0.752. The lowest BCUT2D eigenvalue weighted by Gasteiger charge is -2.17. The Kier molecular flexibility index (Phi) is 3.30. The van der Waals surface area contributed by atoms with Gasteiger partial charge in [-0.2, -0.15) is 0 Å². The first-order valence-electron chi connectivity index (χ1n) is 5.35. The quantitative estimate of drug-likeness (QED) is 0.873. The second-order valence-electron chi connectivity index (χ2n) is 4.16.